The summed E-state index contributed by atoms with van der Waals surface area (Å²) < 4.78 is 0. The summed E-state index contributed by atoms with van der Waals surface area (Å²) in [5.74, 6) is -0.708. The molecule has 0 saturated carbocycles. The van der Waals surface area contributed by atoms with Crippen LogP contribution in [0.2, 0.25) is 5.15 Å². The van der Waals surface area contributed by atoms with Gasteiger partial charge in [-0.2, -0.15) is 0 Å². The van der Waals surface area contributed by atoms with E-state index in [0.717, 1.165) is 0 Å². The first-order chi connectivity index (χ1) is 7.00. The van der Waals surface area contributed by atoms with E-state index in [0.29, 0.717) is 11.3 Å². The zero-order valence-corrected chi connectivity index (χ0v) is 9.05. The SMILES string of the molecule is CC(C)c1cc2c(c(Cl)n1)C(=O)NC2=O. The van der Waals surface area contributed by atoms with Crippen LogP contribution in [0.15, 0.2) is 6.07 Å². The Morgan fingerprint density at radius 2 is 2.00 bits per heavy atom. The summed E-state index contributed by atoms with van der Waals surface area (Å²) in [6.07, 6.45) is 0. The third-order valence-corrected chi connectivity index (χ3v) is 2.56. The molecule has 4 nitrogen and oxygen atoms in total. The van der Waals surface area contributed by atoms with Gasteiger partial charge in [-0.3, -0.25) is 14.9 Å². The predicted molar refractivity (Wildman–Crippen MR) is 55.1 cm³/mol. The molecule has 0 radical (unpaired) electrons. The van der Waals surface area contributed by atoms with Crippen molar-refractivity contribution in [2.45, 2.75) is 19.8 Å². The second-order valence-corrected chi connectivity index (χ2v) is 4.06. The normalized spacial score (nSPS) is 14.4. The summed E-state index contributed by atoms with van der Waals surface area (Å²) in [6.45, 7) is 3.89. The third-order valence-electron chi connectivity index (χ3n) is 2.29. The molecule has 1 aliphatic heterocycles. The van der Waals surface area contributed by atoms with Crippen LogP contribution in [-0.4, -0.2) is 16.8 Å². The minimum absolute atomic E-state index is 0.0968. The standard InChI is InChI=1S/C10H9ClN2O2/c1-4(2)6-3-5-7(8(11)12-6)10(15)13-9(5)14/h3-4H,1-2H3,(H,13,14,15). The van der Waals surface area contributed by atoms with Gasteiger partial charge in [0.2, 0.25) is 0 Å². The Labute approximate surface area is 91.6 Å². The number of hydrogen-bond acceptors (Lipinski definition) is 3. The lowest BCUT2D eigenvalue weighted by Crippen LogP contribution is -2.20. The van der Waals surface area contributed by atoms with Crippen molar-refractivity contribution in [2.24, 2.45) is 0 Å². The highest BCUT2D eigenvalue weighted by atomic mass is 35.5. The topological polar surface area (TPSA) is 59.1 Å². The van der Waals surface area contributed by atoms with Crippen molar-refractivity contribution in [3.63, 3.8) is 0 Å². The summed E-state index contributed by atoms with van der Waals surface area (Å²) in [5, 5.41) is 2.28. The Morgan fingerprint density at radius 3 is 2.60 bits per heavy atom. The number of imide groups is 1. The van der Waals surface area contributed by atoms with Gasteiger partial charge in [-0.15, -0.1) is 0 Å². The van der Waals surface area contributed by atoms with Crippen LogP contribution in [0.5, 0.6) is 0 Å². The van der Waals surface area contributed by atoms with Gasteiger partial charge in [0, 0.05) is 5.69 Å². The summed E-state index contributed by atoms with van der Waals surface area (Å²) >= 11 is 5.85. The van der Waals surface area contributed by atoms with E-state index >= 15 is 0 Å². The van der Waals surface area contributed by atoms with Crippen molar-refractivity contribution < 1.29 is 9.59 Å². The number of nitrogens with zero attached hydrogens (tertiary/aromatic N) is 1. The number of carbonyl (C=O) groups excluding carboxylic acids is 2. The molecule has 1 aromatic heterocycles. The molecule has 1 aliphatic rings. The van der Waals surface area contributed by atoms with Crippen LogP contribution >= 0.6 is 11.6 Å². The maximum Gasteiger partial charge on any atom is 0.262 e. The molecule has 0 saturated heterocycles. The lowest BCUT2D eigenvalue weighted by atomic mass is 10.1. The van der Waals surface area contributed by atoms with Crippen molar-refractivity contribution >= 4 is 23.4 Å². The molecule has 0 atom stereocenters. The van der Waals surface area contributed by atoms with Crippen LogP contribution in [0.4, 0.5) is 0 Å². The molecule has 78 valence electrons. The highest BCUT2D eigenvalue weighted by Crippen LogP contribution is 2.26. The summed E-state index contributed by atoms with van der Waals surface area (Å²) in [6, 6.07) is 1.62. The quantitative estimate of drug-likeness (QED) is 0.584. The number of carbonyl (C=O) groups is 2. The number of fused-ring (bicyclic) bond motifs is 1. The molecule has 1 aromatic rings. The van der Waals surface area contributed by atoms with Crippen molar-refractivity contribution in [3.05, 3.63) is 28.0 Å². The zero-order valence-electron chi connectivity index (χ0n) is 8.30. The largest absolute Gasteiger partial charge is 0.288 e. The van der Waals surface area contributed by atoms with Gasteiger partial charge in [0.15, 0.2) is 0 Å². The minimum Gasteiger partial charge on any atom is -0.288 e. The lowest BCUT2D eigenvalue weighted by Gasteiger charge is -2.06. The molecule has 2 amide bonds. The fraction of sp³-hybridized carbons (Fsp3) is 0.300. The van der Waals surface area contributed by atoms with Gasteiger partial charge in [0.25, 0.3) is 11.8 Å². The van der Waals surface area contributed by atoms with Gasteiger partial charge in [-0.1, -0.05) is 25.4 Å². The summed E-state index contributed by atoms with van der Waals surface area (Å²) in [4.78, 5) is 26.8. The van der Waals surface area contributed by atoms with Gasteiger partial charge in [-0.05, 0) is 12.0 Å². The van der Waals surface area contributed by atoms with E-state index in [9.17, 15) is 9.59 Å². The molecular weight excluding hydrogens is 216 g/mol. The molecule has 0 fully saturated rings. The Bertz CT molecular complexity index is 469. The molecule has 2 heterocycles. The monoisotopic (exact) mass is 224 g/mol. The van der Waals surface area contributed by atoms with Crippen molar-refractivity contribution in [2.75, 3.05) is 0 Å². The van der Waals surface area contributed by atoms with Gasteiger partial charge in [0.1, 0.15) is 5.15 Å². The van der Waals surface area contributed by atoms with Crippen molar-refractivity contribution in [1.82, 2.24) is 10.3 Å². The Kier molecular flexibility index (Phi) is 2.23. The molecule has 2 rings (SSSR count). The lowest BCUT2D eigenvalue weighted by molar-refractivity contribution is 0.0879. The molecule has 0 aliphatic carbocycles. The number of aromatic nitrogens is 1. The molecule has 1 N–H and O–H groups in total. The number of amides is 2. The van der Waals surface area contributed by atoms with E-state index < -0.39 is 11.8 Å². The number of hydrogen-bond donors (Lipinski definition) is 1. The zero-order chi connectivity index (χ0) is 11.2. The maximum absolute atomic E-state index is 11.4. The van der Waals surface area contributed by atoms with E-state index in [1.807, 2.05) is 13.8 Å². The van der Waals surface area contributed by atoms with Gasteiger partial charge in [0.05, 0.1) is 11.1 Å². The second kappa shape index (κ2) is 3.31. The van der Waals surface area contributed by atoms with E-state index in [2.05, 4.69) is 10.3 Å². The van der Waals surface area contributed by atoms with Crippen LogP contribution in [-0.2, 0) is 0 Å². The van der Waals surface area contributed by atoms with Crippen LogP contribution in [0.25, 0.3) is 0 Å². The van der Waals surface area contributed by atoms with Crippen molar-refractivity contribution in [1.29, 1.82) is 0 Å². The van der Waals surface area contributed by atoms with E-state index in [1.54, 1.807) is 6.07 Å². The van der Waals surface area contributed by atoms with Gasteiger partial charge < -0.3 is 0 Å². The highest BCUT2D eigenvalue weighted by Gasteiger charge is 2.30. The third kappa shape index (κ3) is 1.51. The fourth-order valence-corrected chi connectivity index (χ4v) is 1.74. The molecule has 0 spiro atoms. The number of halogens is 1. The van der Waals surface area contributed by atoms with Crippen molar-refractivity contribution in [3.8, 4) is 0 Å². The number of nitrogens with one attached hydrogen (secondary N) is 1. The average Bonchev–Trinajstić information content (AvgIpc) is 2.42. The minimum atomic E-state index is -0.470. The smallest absolute Gasteiger partial charge is 0.262 e. The van der Waals surface area contributed by atoms with Gasteiger partial charge in [-0.25, -0.2) is 4.98 Å². The highest BCUT2D eigenvalue weighted by molar-refractivity contribution is 6.36. The van der Waals surface area contributed by atoms with E-state index in [4.69, 9.17) is 11.6 Å². The van der Waals surface area contributed by atoms with Crippen LogP contribution in [0.1, 0.15) is 46.2 Å². The molecule has 0 bridgehead atoms. The first-order valence-electron chi connectivity index (χ1n) is 4.57. The Hall–Kier alpha value is -1.42. The average molecular weight is 225 g/mol. The first-order valence-corrected chi connectivity index (χ1v) is 4.94. The first kappa shape index (κ1) is 10.1. The van der Waals surface area contributed by atoms with E-state index in [-0.39, 0.29) is 16.6 Å². The van der Waals surface area contributed by atoms with Crippen LogP contribution < -0.4 is 5.32 Å². The van der Waals surface area contributed by atoms with Crippen LogP contribution in [0, 0.1) is 0 Å². The number of pyridine rings is 1. The summed E-state index contributed by atoms with van der Waals surface area (Å²) in [5.41, 5.74) is 1.22. The number of rotatable bonds is 1. The molecule has 0 unspecified atom stereocenters. The van der Waals surface area contributed by atoms with Gasteiger partial charge >= 0.3 is 0 Å². The second-order valence-electron chi connectivity index (χ2n) is 3.70. The molecule has 0 aromatic carbocycles. The van der Waals surface area contributed by atoms with Crippen LogP contribution in [0.3, 0.4) is 0 Å². The molecular formula is C10H9ClN2O2. The Morgan fingerprint density at radius 1 is 1.33 bits per heavy atom. The maximum atomic E-state index is 11.4. The fourth-order valence-electron chi connectivity index (χ4n) is 1.46. The summed E-state index contributed by atoms with van der Waals surface area (Å²) in [7, 11) is 0. The van der Waals surface area contributed by atoms with E-state index in [1.165, 1.54) is 0 Å². The Balaban J connectivity index is 2.66. The molecule has 15 heavy (non-hydrogen) atoms. The predicted octanol–water partition coefficient (Wildman–Crippen LogP) is 1.74. The molecule has 5 heteroatoms.